The fourth-order valence-electron chi connectivity index (χ4n) is 1.88. The van der Waals surface area contributed by atoms with Crippen molar-refractivity contribution in [2.75, 3.05) is 7.05 Å². The Bertz CT molecular complexity index is 551. The first-order chi connectivity index (χ1) is 8.81. The lowest BCUT2D eigenvalue weighted by Gasteiger charge is -2.04. The summed E-state index contributed by atoms with van der Waals surface area (Å²) in [5.74, 6) is 0. The molecule has 0 fully saturated rings. The third-order valence-corrected chi connectivity index (χ3v) is 2.89. The fourth-order valence-corrected chi connectivity index (χ4v) is 1.88. The van der Waals surface area contributed by atoms with Crippen molar-refractivity contribution >= 4 is 11.3 Å². The Hall–Kier alpha value is -2.15. The van der Waals surface area contributed by atoms with E-state index in [0.29, 0.717) is 0 Å². The molecule has 0 unspecified atom stereocenters. The maximum atomic E-state index is 4.36. The first-order valence-electron chi connectivity index (χ1n) is 6.07. The average Bonchev–Trinajstić information content (AvgIpc) is 2.46. The van der Waals surface area contributed by atoms with E-state index < -0.39 is 0 Å². The summed E-state index contributed by atoms with van der Waals surface area (Å²) in [4.78, 5) is 4.36. The standard InChI is InChI=1S/C17H17N/c1-14(15-9-5-3-6-10-15)13-17(18-2)16-11-7-4-8-12-16/h3-13H,1-2H3/b14-13+,18-17?. The topological polar surface area (TPSA) is 12.4 Å². The van der Waals surface area contributed by atoms with Crippen LogP contribution in [0.3, 0.4) is 0 Å². The molecule has 0 aromatic heterocycles. The number of nitrogens with zero attached hydrogens (tertiary/aromatic N) is 1. The van der Waals surface area contributed by atoms with Crippen LogP contribution in [-0.2, 0) is 0 Å². The van der Waals surface area contributed by atoms with Crippen molar-refractivity contribution in [2.24, 2.45) is 4.99 Å². The predicted octanol–water partition coefficient (Wildman–Crippen LogP) is 4.21. The predicted molar refractivity (Wildman–Crippen MR) is 79.0 cm³/mol. The zero-order valence-electron chi connectivity index (χ0n) is 10.8. The fraction of sp³-hybridized carbons (Fsp3) is 0.118. The van der Waals surface area contributed by atoms with E-state index in [1.807, 2.05) is 31.3 Å². The molecule has 2 aromatic carbocycles. The van der Waals surface area contributed by atoms with Gasteiger partial charge in [0.15, 0.2) is 0 Å². The molecule has 0 N–H and O–H groups in total. The number of hydrogen-bond donors (Lipinski definition) is 0. The Kier molecular flexibility index (Phi) is 4.08. The van der Waals surface area contributed by atoms with Crippen LogP contribution in [0.2, 0.25) is 0 Å². The Morgan fingerprint density at radius 3 is 1.83 bits per heavy atom. The maximum absolute atomic E-state index is 4.36. The lowest BCUT2D eigenvalue weighted by Crippen LogP contribution is -1.97. The van der Waals surface area contributed by atoms with Crippen molar-refractivity contribution in [3.63, 3.8) is 0 Å². The summed E-state index contributed by atoms with van der Waals surface area (Å²) in [7, 11) is 1.83. The highest BCUT2D eigenvalue weighted by molar-refractivity contribution is 6.12. The van der Waals surface area contributed by atoms with Crippen LogP contribution in [-0.4, -0.2) is 12.8 Å². The molecular weight excluding hydrogens is 218 g/mol. The van der Waals surface area contributed by atoms with Gasteiger partial charge in [-0.3, -0.25) is 4.99 Å². The molecule has 18 heavy (non-hydrogen) atoms. The van der Waals surface area contributed by atoms with Gasteiger partial charge in [0, 0.05) is 7.05 Å². The molecule has 0 atom stereocenters. The number of hydrogen-bond acceptors (Lipinski definition) is 1. The van der Waals surface area contributed by atoms with Crippen molar-refractivity contribution in [2.45, 2.75) is 6.92 Å². The molecule has 0 radical (unpaired) electrons. The summed E-state index contributed by atoms with van der Waals surface area (Å²) in [6, 6.07) is 20.6. The maximum Gasteiger partial charge on any atom is 0.0646 e. The molecule has 0 aliphatic carbocycles. The highest BCUT2D eigenvalue weighted by Crippen LogP contribution is 2.14. The highest BCUT2D eigenvalue weighted by atomic mass is 14.7. The first-order valence-corrected chi connectivity index (χ1v) is 6.07. The molecule has 0 aliphatic rings. The molecule has 0 saturated carbocycles. The zero-order valence-corrected chi connectivity index (χ0v) is 10.8. The van der Waals surface area contributed by atoms with Crippen LogP contribution in [0, 0.1) is 0 Å². The van der Waals surface area contributed by atoms with E-state index in [9.17, 15) is 0 Å². The van der Waals surface area contributed by atoms with Crippen molar-refractivity contribution < 1.29 is 0 Å². The van der Waals surface area contributed by atoms with Gasteiger partial charge in [0.1, 0.15) is 0 Å². The van der Waals surface area contributed by atoms with Crippen LogP contribution in [0.1, 0.15) is 18.1 Å². The van der Waals surface area contributed by atoms with E-state index >= 15 is 0 Å². The SMILES string of the molecule is CN=C(/C=C(\C)c1ccccc1)c1ccccc1. The van der Waals surface area contributed by atoms with Gasteiger partial charge >= 0.3 is 0 Å². The Labute approximate surface area is 109 Å². The number of allylic oxidation sites excluding steroid dienone is 2. The van der Waals surface area contributed by atoms with E-state index in [-0.39, 0.29) is 0 Å². The van der Waals surface area contributed by atoms with Crippen molar-refractivity contribution in [1.29, 1.82) is 0 Å². The van der Waals surface area contributed by atoms with Gasteiger partial charge in [-0.15, -0.1) is 0 Å². The molecule has 0 aliphatic heterocycles. The van der Waals surface area contributed by atoms with E-state index in [4.69, 9.17) is 0 Å². The summed E-state index contributed by atoms with van der Waals surface area (Å²) in [6.07, 6.45) is 2.13. The largest absolute Gasteiger partial charge is 0.288 e. The van der Waals surface area contributed by atoms with Gasteiger partial charge in [0.2, 0.25) is 0 Å². The zero-order chi connectivity index (χ0) is 12.8. The van der Waals surface area contributed by atoms with Gasteiger partial charge in [-0.1, -0.05) is 60.7 Å². The minimum atomic E-state index is 1.01. The molecule has 1 nitrogen and oxygen atoms in total. The van der Waals surface area contributed by atoms with E-state index in [2.05, 4.69) is 54.4 Å². The molecule has 0 spiro atoms. The van der Waals surface area contributed by atoms with Gasteiger partial charge in [-0.25, -0.2) is 0 Å². The normalized spacial score (nSPS) is 12.6. The summed E-state index contributed by atoms with van der Waals surface area (Å²) in [6.45, 7) is 2.11. The quantitative estimate of drug-likeness (QED) is 0.707. The highest BCUT2D eigenvalue weighted by Gasteiger charge is 2.00. The van der Waals surface area contributed by atoms with Crippen LogP contribution in [0.15, 0.2) is 71.7 Å². The van der Waals surface area contributed by atoms with Crippen LogP contribution in [0.4, 0.5) is 0 Å². The van der Waals surface area contributed by atoms with Crippen LogP contribution in [0.25, 0.3) is 5.57 Å². The average molecular weight is 235 g/mol. The van der Waals surface area contributed by atoms with Crippen LogP contribution < -0.4 is 0 Å². The summed E-state index contributed by atoms with van der Waals surface area (Å²) in [5, 5.41) is 0. The van der Waals surface area contributed by atoms with Crippen LogP contribution in [0.5, 0.6) is 0 Å². The molecule has 1 heteroatoms. The Morgan fingerprint density at radius 2 is 1.33 bits per heavy atom. The Morgan fingerprint density at radius 1 is 0.833 bits per heavy atom. The summed E-state index contributed by atoms with van der Waals surface area (Å²) < 4.78 is 0. The third-order valence-electron chi connectivity index (χ3n) is 2.89. The molecule has 0 bridgehead atoms. The molecule has 90 valence electrons. The second-order valence-corrected chi connectivity index (χ2v) is 4.17. The molecular formula is C17H17N. The van der Waals surface area contributed by atoms with Gasteiger partial charge < -0.3 is 0 Å². The minimum absolute atomic E-state index is 1.01. The Balaban J connectivity index is 2.32. The van der Waals surface area contributed by atoms with Crippen LogP contribution >= 0.6 is 0 Å². The van der Waals surface area contributed by atoms with Crippen molar-refractivity contribution in [3.05, 3.63) is 77.9 Å². The van der Waals surface area contributed by atoms with Gasteiger partial charge in [-0.2, -0.15) is 0 Å². The van der Waals surface area contributed by atoms with E-state index in [0.717, 1.165) is 11.3 Å². The molecule has 2 rings (SSSR count). The van der Waals surface area contributed by atoms with Gasteiger partial charge in [0.25, 0.3) is 0 Å². The number of benzene rings is 2. The molecule has 0 amide bonds. The first kappa shape index (κ1) is 12.3. The number of rotatable bonds is 3. The second kappa shape index (κ2) is 5.97. The second-order valence-electron chi connectivity index (χ2n) is 4.17. The summed E-state index contributed by atoms with van der Waals surface area (Å²) in [5.41, 5.74) is 4.61. The summed E-state index contributed by atoms with van der Waals surface area (Å²) >= 11 is 0. The molecule has 2 aromatic rings. The van der Waals surface area contributed by atoms with E-state index in [1.54, 1.807) is 0 Å². The number of aliphatic imine (C=N–C) groups is 1. The van der Waals surface area contributed by atoms with Gasteiger partial charge in [-0.05, 0) is 29.7 Å². The lowest BCUT2D eigenvalue weighted by molar-refractivity contribution is 1.43. The monoisotopic (exact) mass is 235 g/mol. The van der Waals surface area contributed by atoms with Crippen molar-refractivity contribution in [3.8, 4) is 0 Å². The van der Waals surface area contributed by atoms with E-state index in [1.165, 1.54) is 11.1 Å². The third kappa shape index (κ3) is 2.95. The minimum Gasteiger partial charge on any atom is -0.288 e. The smallest absolute Gasteiger partial charge is 0.0646 e. The molecule has 0 heterocycles. The van der Waals surface area contributed by atoms with Gasteiger partial charge in [0.05, 0.1) is 5.71 Å². The van der Waals surface area contributed by atoms with Crippen molar-refractivity contribution in [1.82, 2.24) is 0 Å². The lowest BCUT2D eigenvalue weighted by atomic mass is 10.0. The molecule has 0 saturated heterocycles.